The number of carboxylic acids is 1. The molecule has 0 aromatic heterocycles. The third kappa shape index (κ3) is 4.36. The Morgan fingerprint density at radius 2 is 1.94 bits per heavy atom. The van der Waals surface area contributed by atoms with Gasteiger partial charge in [-0.3, -0.25) is 4.79 Å². The van der Waals surface area contributed by atoms with Crippen LogP contribution in [0.25, 0.3) is 0 Å². The predicted molar refractivity (Wildman–Crippen MR) is 65.7 cm³/mol. The number of hydrogen-bond acceptors (Lipinski definition) is 2. The molecule has 0 spiro atoms. The van der Waals surface area contributed by atoms with Crippen LogP contribution in [0.15, 0.2) is 0 Å². The molecule has 4 nitrogen and oxygen atoms in total. The Labute approximate surface area is 103 Å². The van der Waals surface area contributed by atoms with E-state index in [1.54, 1.807) is 4.90 Å². The van der Waals surface area contributed by atoms with Crippen molar-refractivity contribution in [3.63, 3.8) is 0 Å². The maximum absolute atomic E-state index is 12.0. The van der Waals surface area contributed by atoms with E-state index < -0.39 is 12.0 Å². The smallest absolute Gasteiger partial charge is 0.326 e. The van der Waals surface area contributed by atoms with E-state index in [1.807, 2.05) is 0 Å². The lowest BCUT2D eigenvalue weighted by Crippen LogP contribution is -2.48. The zero-order valence-corrected chi connectivity index (χ0v) is 11.0. The van der Waals surface area contributed by atoms with Gasteiger partial charge in [-0.15, -0.1) is 0 Å². The summed E-state index contributed by atoms with van der Waals surface area (Å²) >= 11 is 0. The number of hydrogen-bond donors (Lipinski definition) is 1. The average molecular weight is 241 g/mol. The van der Waals surface area contributed by atoms with Crippen molar-refractivity contribution in [2.45, 2.75) is 58.9 Å². The largest absolute Gasteiger partial charge is 0.480 e. The molecule has 0 saturated carbocycles. The minimum absolute atomic E-state index is 0.00738. The minimum atomic E-state index is -0.867. The summed E-state index contributed by atoms with van der Waals surface area (Å²) in [6, 6.07) is -0.601. The maximum Gasteiger partial charge on any atom is 0.326 e. The Morgan fingerprint density at radius 3 is 2.47 bits per heavy atom. The van der Waals surface area contributed by atoms with E-state index in [-0.39, 0.29) is 11.3 Å². The van der Waals surface area contributed by atoms with E-state index in [4.69, 9.17) is 5.11 Å². The van der Waals surface area contributed by atoms with Gasteiger partial charge in [-0.2, -0.15) is 0 Å². The number of amides is 1. The summed E-state index contributed by atoms with van der Waals surface area (Å²) in [5.41, 5.74) is 0.115. The topological polar surface area (TPSA) is 57.6 Å². The van der Waals surface area contributed by atoms with Crippen LogP contribution in [0.2, 0.25) is 0 Å². The Morgan fingerprint density at radius 1 is 1.29 bits per heavy atom. The lowest BCUT2D eigenvalue weighted by atomic mass is 9.90. The van der Waals surface area contributed by atoms with Gasteiger partial charge in [-0.05, 0) is 31.1 Å². The summed E-state index contributed by atoms with van der Waals surface area (Å²) in [6.07, 6.45) is 3.67. The van der Waals surface area contributed by atoms with E-state index in [0.717, 1.165) is 19.3 Å². The molecule has 0 bridgehead atoms. The second-order valence-electron chi connectivity index (χ2n) is 6.00. The van der Waals surface area contributed by atoms with Crippen molar-refractivity contribution in [2.75, 3.05) is 6.54 Å². The van der Waals surface area contributed by atoms with Crippen LogP contribution in [0.4, 0.5) is 0 Å². The van der Waals surface area contributed by atoms with Crippen LogP contribution in [0.5, 0.6) is 0 Å². The van der Waals surface area contributed by atoms with Crippen LogP contribution < -0.4 is 0 Å². The highest BCUT2D eigenvalue weighted by Gasteiger charge is 2.31. The second-order valence-corrected chi connectivity index (χ2v) is 6.00. The molecule has 0 radical (unpaired) electrons. The summed E-state index contributed by atoms with van der Waals surface area (Å²) in [6.45, 7) is 6.86. The molecule has 1 aliphatic rings. The fourth-order valence-electron chi connectivity index (χ4n) is 2.11. The SMILES string of the molecule is CC(C)(C)CCC(=O)N1CCCCC1C(=O)O. The summed E-state index contributed by atoms with van der Waals surface area (Å²) < 4.78 is 0. The highest BCUT2D eigenvalue weighted by atomic mass is 16.4. The summed E-state index contributed by atoms with van der Waals surface area (Å²) in [7, 11) is 0. The van der Waals surface area contributed by atoms with E-state index in [1.165, 1.54) is 0 Å². The molecule has 0 aromatic rings. The monoisotopic (exact) mass is 241 g/mol. The molecule has 1 heterocycles. The van der Waals surface area contributed by atoms with Crippen molar-refractivity contribution < 1.29 is 14.7 Å². The molecule has 1 amide bonds. The zero-order valence-electron chi connectivity index (χ0n) is 11.0. The number of aliphatic carboxylic acids is 1. The standard InChI is InChI=1S/C13H23NO3/c1-13(2,3)8-7-11(15)14-9-5-4-6-10(14)12(16)17/h10H,4-9H2,1-3H3,(H,16,17). The molecule has 4 heteroatoms. The molecule has 0 aromatic carbocycles. The maximum atomic E-state index is 12.0. The van der Waals surface area contributed by atoms with E-state index >= 15 is 0 Å². The van der Waals surface area contributed by atoms with Gasteiger partial charge in [0.2, 0.25) is 5.91 Å². The number of carboxylic acid groups (broad SMARTS) is 1. The summed E-state index contributed by atoms with van der Waals surface area (Å²) in [5, 5.41) is 9.09. The summed E-state index contributed by atoms with van der Waals surface area (Å²) in [5.74, 6) is -0.874. The molecule has 1 unspecified atom stereocenters. The fraction of sp³-hybridized carbons (Fsp3) is 0.846. The first-order valence-electron chi connectivity index (χ1n) is 6.33. The first kappa shape index (κ1) is 14.0. The highest BCUT2D eigenvalue weighted by molar-refractivity contribution is 5.83. The lowest BCUT2D eigenvalue weighted by Gasteiger charge is -2.33. The zero-order chi connectivity index (χ0) is 13.1. The van der Waals surface area contributed by atoms with E-state index in [9.17, 15) is 9.59 Å². The molecule has 17 heavy (non-hydrogen) atoms. The number of likely N-dealkylation sites (tertiary alicyclic amines) is 1. The first-order chi connectivity index (χ1) is 7.81. The molecule has 1 atom stereocenters. The molecule has 1 N–H and O–H groups in total. The van der Waals surface area contributed by atoms with Crippen molar-refractivity contribution in [2.24, 2.45) is 5.41 Å². The normalized spacial score (nSPS) is 21.4. The average Bonchev–Trinajstić information content (AvgIpc) is 2.25. The number of rotatable bonds is 3. The first-order valence-corrected chi connectivity index (χ1v) is 6.33. The van der Waals surface area contributed by atoms with Crippen LogP contribution >= 0.6 is 0 Å². The van der Waals surface area contributed by atoms with Crippen LogP contribution in [-0.4, -0.2) is 34.5 Å². The number of piperidine rings is 1. The number of nitrogens with zero attached hydrogens (tertiary/aromatic N) is 1. The lowest BCUT2D eigenvalue weighted by molar-refractivity contribution is -0.152. The molecule has 1 saturated heterocycles. The van der Waals surface area contributed by atoms with Crippen molar-refractivity contribution in [3.05, 3.63) is 0 Å². The van der Waals surface area contributed by atoms with E-state index in [0.29, 0.717) is 19.4 Å². The van der Waals surface area contributed by atoms with Crippen molar-refractivity contribution in [1.82, 2.24) is 4.90 Å². The van der Waals surface area contributed by atoms with E-state index in [2.05, 4.69) is 20.8 Å². The third-order valence-corrected chi connectivity index (χ3v) is 3.20. The molecule has 1 fully saturated rings. The number of carbonyl (C=O) groups excluding carboxylic acids is 1. The Balaban J connectivity index is 2.56. The van der Waals surface area contributed by atoms with Crippen molar-refractivity contribution in [1.29, 1.82) is 0 Å². The van der Waals surface area contributed by atoms with Gasteiger partial charge < -0.3 is 10.0 Å². The molecular weight excluding hydrogens is 218 g/mol. The van der Waals surface area contributed by atoms with Gasteiger partial charge in [0.1, 0.15) is 6.04 Å². The highest BCUT2D eigenvalue weighted by Crippen LogP contribution is 2.23. The van der Waals surface area contributed by atoms with Crippen molar-refractivity contribution >= 4 is 11.9 Å². The second kappa shape index (κ2) is 5.52. The third-order valence-electron chi connectivity index (χ3n) is 3.20. The van der Waals surface area contributed by atoms with Gasteiger partial charge >= 0.3 is 5.97 Å². The number of carbonyl (C=O) groups is 2. The van der Waals surface area contributed by atoms with Crippen molar-refractivity contribution in [3.8, 4) is 0 Å². The van der Waals surface area contributed by atoms with Gasteiger partial charge in [-0.1, -0.05) is 20.8 Å². The van der Waals surface area contributed by atoms with Gasteiger partial charge in [-0.25, -0.2) is 4.79 Å². The Bertz CT molecular complexity index is 294. The van der Waals surface area contributed by atoms with Gasteiger partial charge in [0.15, 0.2) is 0 Å². The van der Waals surface area contributed by atoms with Crippen LogP contribution in [0.3, 0.4) is 0 Å². The van der Waals surface area contributed by atoms with Gasteiger partial charge in [0.05, 0.1) is 0 Å². The van der Waals surface area contributed by atoms with Gasteiger partial charge in [0.25, 0.3) is 0 Å². The van der Waals surface area contributed by atoms with Crippen LogP contribution in [0, 0.1) is 5.41 Å². The van der Waals surface area contributed by atoms with Gasteiger partial charge in [0, 0.05) is 13.0 Å². The molecule has 1 rings (SSSR count). The predicted octanol–water partition coefficient (Wildman–Crippen LogP) is 2.28. The molecule has 1 aliphatic heterocycles. The van der Waals surface area contributed by atoms with Crippen LogP contribution in [0.1, 0.15) is 52.9 Å². The fourth-order valence-corrected chi connectivity index (χ4v) is 2.11. The minimum Gasteiger partial charge on any atom is -0.480 e. The Kier molecular flexibility index (Phi) is 4.54. The van der Waals surface area contributed by atoms with Crippen LogP contribution in [-0.2, 0) is 9.59 Å². The molecule has 0 aliphatic carbocycles. The molecule has 98 valence electrons. The Hall–Kier alpha value is -1.06. The molecular formula is C13H23NO3. The summed E-state index contributed by atoms with van der Waals surface area (Å²) in [4.78, 5) is 24.7. The quantitative estimate of drug-likeness (QED) is 0.824.